The number of anilines is 2. The summed E-state index contributed by atoms with van der Waals surface area (Å²) in [6.07, 6.45) is 7.65. The van der Waals surface area contributed by atoms with Crippen LogP contribution in [-0.4, -0.2) is 31.8 Å². The number of hydrogen-bond donors (Lipinski definition) is 1. The summed E-state index contributed by atoms with van der Waals surface area (Å²) in [6, 6.07) is 4.71. The largest absolute Gasteiger partial charge is 0.385 e. The van der Waals surface area contributed by atoms with E-state index in [1.54, 1.807) is 0 Å². The maximum atomic E-state index is 5.88. The van der Waals surface area contributed by atoms with E-state index in [4.69, 9.17) is 4.74 Å². The maximum Gasteiger partial charge on any atom is 0.0726 e. The molecule has 3 nitrogen and oxygen atoms in total. The molecule has 0 spiro atoms. The molecule has 1 saturated heterocycles. The van der Waals surface area contributed by atoms with Gasteiger partial charge in [-0.3, -0.25) is 0 Å². The monoisotopic (exact) mass is 330 g/mol. The van der Waals surface area contributed by atoms with Gasteiger partial charge in [0.1, 0.15) is 0 Å². The Kier molecular flexibility index (Phi) is 5.70. The van der Waals surface area contributed by atoms with Gasteiger partial charge in [0, 0.05) is 31.0 Å². The van der Waals surface area contributed by atoms with Crippen LogP contribution >= 0.6 is 0 Å². The van der Waals surface area contributed by atoms with Gasteiger partial charge in [-0.1, -0.05) is 19.3 Å². The molecule has 24 heavy (non-hydrogen) atoms. The van der Waals surface area contributed by atoms with Crippen LogP contribution in [0.5, 0.6) is 0 Å². The van der Waals surface area contributed by atoms with E-state index in [1.165, 1.54) is 54.6 Å². The molecule has 2 aliphatic rings. The van der Waals surface area contributed by atoms with Crippen molar-refractivity contribution in [1.82, 2.24) is 0 Å². The van der Waals surface area contributed by atoms with Crippen molar-refractivity contribution in [2.45, 2.75) is 72.0 Å². The molecule has 0 bridgehead atoms. The predicted molar refractivity (Wildman–Crippen MR) is 103 cm³/mol. The molecule has 1 aromatic rings. The molecule has 3 rings (SSSR count). The Labute approximate surface area is 147 Å². The molecule has 2 atom stereocenters. The standard InChI is InChI=1S/C21H34N2O/c1-15-11-21(23-13-17(3)24-18(4)14-23)16(2)10-20(15)22-12-19-8-6-5-7-9-19/h10-11,17-19,22H,5-9,12-14H2,1-4H3. The molecular formula is C21H34N2O. The van der Waals surface area contributed by atoms with Crippen molar-refractivity contribution in [2.24, 2.45) is 5.92 Å². The van der Waals surface area contributed by atoms with E-state index >= 15 is 0 Å². The van der Waals surface area contributed by atoms with E-state index in [2.05, 4.69) is 50.0 Å². The third kappa shape index (κ3) is 4.24. The van der Waals surface area contributed by atoms with E-state index in [1.807, 2.05) is 0 Å². The normalized spacial score (nSPS) is 25.8. The van der Waals surface area contributed by atoms with E-state index in [0.717, 1.165) is 25.6 Å². The number of rotatable bonds is 4. The number of nitrogens with one attached hydrogen (secondary N) is 1. The maximum absolute atomic E-state index is 5.88. The first-order valence-electron chi connectivity index (χ1n) is 9.78. The first kappa shape index (κ1) is 17.6. The zero-order valence-electron chi connectivity index (χ0n) is 15.9. The fraction of sp³-hybridized carbons (Fsp3) is 0.714. The SMILES string of the molecule is Cc1cc(N2CC(C)OC(C)C2)c(C)cc1NCC1CCCCC1. The van der Waals surface area contributed by atoms with Gasteiger partial charge in [0.25, 0.3) is 0 Å². The Morgan fingerprint density at radius 3 is 2.33 bits per heavy atom. The Bertz CT molecular complexity index is 541. The van der Waals surface area contributed by atoms with E-state index in [-0.39, 0.29) is 0 Å². The Balaban J connectivity index is 1.68. The van der Waals surface area contributed by atoms with Crippen LogP contribution in [0.15, 0.2) is 12.1 Å². The highest BCUT2D eigenvalue weighted by Gasteiger charge is 2.24. The minimum absolute atomic E-state index is 0.303. The molecular weight excluding hydrogens is 296 g/mol. The van der Waals surface area contributed by atoms with Gasteiger partial charge in [-0.25, -0.2) is 0 Å². The fourth-order valence-electron chi connectivity index (χ4n) is 4.35. The van der Waals surface area contributed by atoms with Crippen LogP contribution in [0.2, 0.25) is 0 Å². The van der Waals surface area contributed by atoms with Crippen molar-refractivity contribution >= 4 is 11.4 Å². The van der Waals surface area contributed by atoms with Crippen LogP contribution < -0.4 is 10.2 Å². The molecule has 1 saturated carbocycles. The second-order valence-corrected chi connectivity index (χ2v) is 8.00. The smallest absolute Gasteiger partial charge is 0.0726 e. The summed E-state index contributed by atoms with van der Waals surface area (Å²) in [6.45, 7) is 11.9. The van der Waals surface area contributed by atoms with Crippen LogP contribution in [0, 0.1) is 19.8 Å². The summed E-state index contributed by atoms with van der Waals surface area (Å²) >= 11 is 0. The van der Waals surface area contributed by atoms with Gasteiger partial charge in [-0.2, -0.15) is 0 Å². The topological polar surface area (TPSA) is 24.5 Å². The molecule has 2 unspecified atom stereocenters. The number of morpholine rings is 1. The van der Waals surface area contributed by atoms with Gasteiger partial charge >= 0.3 is 0 Å². The molecule has 134 valence electrons. The van der Waals surface area contributed by atoms with Crippen molar-refractivity contribution in [2.75, 3.05) is 29.9 Å². The van der Waals surface area contributed by atoms with Crippen molar-refractivity contribution in [3.05, 3.63) is 23.3 Å². The number of nitrogens with zero attached hydrogens (tertiary/aromatic N) is 1. The lowest BCUT2D eigenvalue weighted by molar-refractivity contribution is -0.00524. The van der Waals surface area contributed by atoms with Crippen LogP contribution in [0.1, 0.15) is 57.1 Å². The van der Waals surface area contributed by atoms with Gasteiger partial charge in [0.2, 0.25) is 0 Å². The van der Waals surface area contributed by atoms with Gasteiger partial charge in [-0.05, 0) is 69.7 Å². The minimum atomic E-state index is 0.303. The van der Waals surface area contributed by atoms with E-state index in [9.17, 15) is 0 Å². The molecule has 1 aliphatic heterocycles. The highest BCUT2D eigenvalue weighted by Crippen LogP contribution is 2.30. The lowest BCUT2D eigenvalue weighted by atomic mass is 9.89. The molecule has 2 fully saturated rings. The van der Waals surface area contributed by atoms with Gasteiger partial charge in [0.05, 0.1) is 12.2 Å². The van der Waals surface area contributed by atoms with E-state index in [0.29, 0.717) is 12.2 Å². The molecule has 1 heterocycles. The second kappa shape index (κ2) is 7.77. The third-order valence-corrected chi connectivity index (χ3v) is 5.61. The number of ether oxygens (including phenoxy) is 1. The average Bonchev–Trinajstić information content (AvgIpc) is 2.55. The highest BCUT2D eigenvalue weighted by molar-refractivity contribution is 5.65. The Morgan fingerprint density at radius 1 is 1.00 bits per heavy atom. The van der Waals surface area contributed by atoms with Crippen LogP contribution in [0.25, 0.3) is 0 Å². The molecule has 1 aliphatic carbocycles. The van der Waals surface area contributed by atoms with Gasteiger partial charge in [0.15, 0.2) is 0 Å². The first-order chi connectivity index (χ1) is 11.5. The lowest BCUT2D eigenvalue weighted by Gasteiger charge is -2.38. The molecule has 1 aromatic carbocycles. The number of hydrogen-bond acceptors (Lipinski definition) is 3. The van der Waals surface area contributed by atoms with Crippen molar-refractivity contribution in [1.29, 1.82) is 0 Å². The predicted octanol–water partition coefficient (Wildman–Crippen LogP) is 4.91. The van der Waals surface area contributed by atoms with Crippen LogP contribution in [0.3, 0.4) is 0 Å². The van der Waals surface area contributed by atoms with E-state index < -0.39 is 0 Å². The van der Waals surface area contributed by atoms with Crippen molar-refractivity contribution in [3.8, 4) is 0 Å². The quantitative estimate of drug-likeness (QED) is 0.849. The third-order valence-electron chi connectivity index (χ3n) is 5.61. The zero-order chi connectivity index (χ0) is 17.1. The van der Waals surface area contributed by atoms with Gasteiger partial charge < -0.3 is 15.0 Å². The lowest BCUT2D eigenvalue weighted by Crippen LogP contribution is -2.45. The molecule has 0 radical (unpaired) electrons. The highest BCUT2D eigenvalue weighted by atomic mass is 16.5. The van der Waals surface area contributed by atoms with Gasteiger partial charge in [-0.15, -0.1) is 0 Å². The minimum Gasteiger partial charge on any atom is -0.385 e. The van der Waals surface area contributed by atoms with Crippen LogP contribution in [-0.2, 0) is 4.74 Å². The van der Waals surface area contributed by atoms with Crippen molar-refractivity contribution in [3.63, 3.8) is 0 Å². The first-order valence-corrected chi connectivity index (χ1v) is 9.78. The molecule has 0 amide bonds. The second-order valence-electron chi connectivity index (χ2n) is 8.00. The summed E-state index contributed by atoms with van der Waals surface area (Å²) in [4.78, 5) is 2.49. The average molecular weight is 331 g/mol. The molecule has 1 N–H and O–H groups in total. The Hall–Kier alpha value is -1.22. The summed E-state index contributed by atoms with van der Waals surface area (Å²) < 4.78 is 5.88. The Morgan fingerprint density at radius 2 is 1.67 bits per heavy atom. The molecule has 0 aromatic heterocycles. The summed E-state index contributed by atoms with van der Waals surface area (Å²) in [7, 11) is 0. The van der Waals surface area contributed by atoms with Crippen molar-refractivity contribution < 1.29 is 4.74 Å². The zero-order valence-corrected chi connectivity index (χ0v) is 15.9. The summed E-state index contributed by atoms with van der Waals surface area (Å²) in [5.74, 6) is 0.860. The fourth-order valence-corrected chi connectivity index (χ4v) is 4.35. The van der Waals surface area contributed by atoms with Crippen LogP contribution in [0.4, 0.5) is 11.4 Å². The molecule has 3 heteroatoms. The number of benzene rings is 1. The summed E-state index contributed by atoms with van der Waals surface area (Å²) in [5, 5.41) is 3.73. The summed E-state index contributed by atoms with van der Waals surface area (Å²) in [5.41, 5.74) is 5.42. The number of aryl methyl sites for hydroxylation is 2.